The smallest absolute Gasteiger partial charge is 0.326 e. The van der Waals surface area contributed by atoms with Crippen molar-refractivity contribution in [3.8, 4) is 0 Å². The van der Waals surface area contributed by atoms with Crippen molar-refractivity contribution < 1.29 is 22.4 Å². The van der Waals surface area contributed by atoms with E-state index in [9.17, 15) is 22.4 Å². The number of nitrogens with one attached hydrogen (secondary N) is 2. The molecule has 1 aliphatic heterocycles. The Hall–Kier alpha value is -1.63. The van der Waals surface area contributed by atoms with Gasteiger partial charge in [-0.25, -0.2) is 4.39 Å². The molecular formula is C13H14F4N2O. The molecular weight excluding hydrogens is 276 g/mol. The van der Waals surface area contributed by atoms with Gasteiger partial charge in [0.1, 0.15) is 5.82 Å². The van der Waals surface area contributed by atoms with Crippen molar-refractivity contribution >= 4 is 11.6 Å². The number of carbonyl (C=O) groups is 1. The summed E-state index contributed by atoms with van der Waals surface area (Å²) in [5.41, 5.74) is -1.43. The quantitative estimate of drug-likeness (QED) is 0.822. The summed E-state index contributed by atoms with van der Waals surface area (Å²) in [6, 6.07) is 2.44. The molecule has 0 aromatic heterocycles. The van der Waals surface area contributed by atoms with Gasteiger partial charge in [-0.1, -0.05) is 6.92 Å². The Labute approximate surface area is 113 Å². The number of alkyl halides is 3. The van der Waals surface area contributed by atoms with Crippen molar-refractivity contribution in [1.82, 2.24) is 5.32 Å². The minimum Gasteiger partial charge on any atom is -0.326 e. The van der Waals surface area contributed by atoms with Crippen molar-refractivity contribution in [2.45, 2.75) is 13.1 Å². The third kappa shape index (κ3) is 3.09. The van der Waals surface area contributed by atoms with E-state index in [0.29, 0.717) is 25.2 Å². The minimum atomic E-state index is -4.78. The maximum Gasteiger partial charge on any atom is 0.419 e. The van der Waals surface area contributed by atoms with Gasteiger partial charge in [0.2, 0.25) is 5.91 Å². The molecule has 1 amide bonds. The van der Waals surface area contributed by atoms with E-state index < -0.39 is 17.6 Å². The second kappa shape index (κ2) is 5.40. The maximum absolute atomic E-state index is 13.1. The highest BCUT2D eigenvalue weighted by Crippen LogP contribution is 2.33. The molecule has 2 rings (SSSR count). The Morgan fingerprint density at radius 2 is 2.05 bits per heavy atom. The lowest BCUT2D eigenvalue weighted by molar-refractivity contribution is -0.140. The van der Waals surface area contributed by atoms with Crippen molar-refractivity contribution in [1.29, 1.82) is 0 Å². The van der Waals surface area contributed by atoms with Crippen LogP contribution in [0.3, 0.4) is 0 Å². The average Bonchev–Trinajstić information content (AvgIpc) is 2.76. The molecule has 1 saturated heterocycles. The van der Waals surface area contributed by atoms with Crippen LogP contribution in [0.1, 0.15) is 12.5 Å². The SMILES string of the molecule is C[C@@H]1CNC[C@H]1C(=O)Nc1ccc(F)c(C(F)(F)F)c1. The van der Waals surface area contributed by atoms with Gasteiger partial charge in [0.05, 0.1) is 11.5 Å². The van der Waals surface area contributed by atoms with Gasteiger partial charge in [0.15, 0.2) is 0 Å². The molecule has 7 heteroatoms. The highest BCUT2D eigenvalue weighted by molar-refractivity contribution is 5.93. The number of benzene rings is 1. The lowest BCUT2D eigenvalue weighted by atomic mass is 9.97. The summed E-state index contributed by atoms with van der Waals surface area (Å²) in [6.07, 6.45) is -4.78. The van der Waals surface area contributed by atoms with E-state index in [1.165, 1.54) is 0 Å². The number of anilines is 1. The van der Waals surface area contributed by atoms with Crippen molar-refractivity contribution in [2.75, 3.05) is 18.4 Å². The van der Waals surface area contributed by atoms with E-state index >= 15 is 0 Å². The Bertz CT molecular complexity index is 516. The number of carbonyl (C=O) groups excluding carboxylic acids is 1. The fraction of sp³-hybridized carbons (Fsp3) is 0.462. The van der Waals surface area contributed by atoms with Crippen molar-refractivity contribution in [2.24, 2.45) is 11.8 Å². The molecule has 0 radical (unpaired) electrons. The predicted molar refractivity (Wildman–Crippen MR) is 65.6 cm³/mol. The Morgan fingerprint density at radius 1 is 1.35 bits per heavy atom. The first kappa shape index (κ1) is 14.8. The second-order valence-corrected chi connectivity index (χ2v) is 4.92. The molecule has 3 nitrogen and oxygen atoms in total. The highest BCUT2D eigenvalue weighted by atomic mass is 19.4. The number of rotatable bonds is 2. The summed E-state index contributed by atoms with van der Waals surface area (Å²) < 4.78 is 50.8. The zero-order valence-corrected chi connectivity index (χ0v) is 10.7. The number of amides is 1. The van der Waals surface area contributed by atoms with Crippen LogP contribution in [0.2, 0.25) is 0 Å². The van der Waals surface area contributed by atoms with E-state index in [2.05, 4.69) is 10.6 Å². The van der Waals surface area contributed by atoms with E-state index in [0.717, 1.165) is 6.07 Å². The van der Waals surface area contributed by atoms with E-state index in [-0.39, 0.29) is 23.4 Å². The second-order valence-electron chi connectivity index (χ2n) is 4.92. The summed E-state index contributed by atoms with van der Waals surface area (Å²) in [7, 11) is 0. The number of halogens is 4. The molecule has 0 aliphatic carbocycles. The van der Waals surface area contributed by atoms with E-state index in [1.807, 2.05) is 6.92 Å². The summed E-state index contributed by atoms with van der Waals surface area (Å²) in [4.78, 5) is 11.9. The number of hydrogen-bond donors (Lipinski definition) is 2. The first-order valence-electron chi connectivity index (χ1n) is 6.17. The van der Waals surface area contributed by atoms with Crippen molar-refractivity contribution in [3.05, 3.63) is 29.6 Å². The maximum atomic E-state index is 13.1. The molecule has 1 aromatic rings. The summed E-state index contributed by atoms with van der Waals surface area (Å²) in [5.74, 6) is -1.90. The molecule has 1 aliphatic rings. The molecule has 0 bridgehead atoms. The van der Waals surface area contributed by atoms with E-state index in [1.54, 1.807) is 0 Å². The number of hydrogen-bond acceptors (Lipinski definition) is 2. The molecule has 20 heavy (non-hydrogen) atoms. The lowest BCUT2D eigenvalue weighted by Gasteiger charge is -2.15. The van der Waals surface area contributed by atoms with Crippen LogP contribution >= 0.6 is 0 Å². The fourth-order valence-corrected chi connectivity index (χ4v) is 2.22. The van der Waals surface area contributed by atoms with E-state index in [4.69, 9.17) is 0 Å². The molecule has 1 fully saturated rings. The van der Waals surface area contributed by atoms with Crippen LogP contribution in [0.15, 0.2) is 18.2 Å². The van der Waals surface area contributed by atoms with Crippen LogP contribution in [0.4, 0.5) is 23.2 Å². The summed E-state index contributed by atoms with van der Waals surface area (Å²) in [6.45, 7) is 3.06. The van der Waals surface area contributed by atoms with Crippen LogP contribution in [0, 0.1) is 17.7 Å². The van der Waals surface area contributed by atoms with Crippen LogP contribution in [-0.2, 0) is 11.0 Å². The van der Waals surface area contributed by atoms with Gasteiger partial charge in [-0.15, -0.1) is 0 Å². The van der Waals surface area contributed by atoms with Crippen LogP contribution in [-0.4, -0.2) is 19.0 Å². The molecule has 2 atom stereocenters. The summed E-state index contributed by atoms with van der Waals surface area (Å²) in [5, 5.41) is 5.44. The molecule has 0 saturated carbocycles. The standard InChI is InChI=1S/C13H14F4N2O/c1-7-5-18-6-9(7)12(20)19-8-2-3-11(14)10(4-8)13(15,16)17/h2-4,7,9,18H,5-6H2,1H3,(H,19,20)/t7-,9-/m1/s1. The molecule has 2 N–H and O–H groups in total. The molecule has 110 valence electrons. The normalized spacial score (nSPS) is 22.9. The Balaban J connectivity index is 2.16. The topological polar surface area (TPSA) is 41.1 Å². The average molecular weight is 290 g/mol. The monoisotopic (exact) mass is 290 g/mol. The first-order chi connectivity index (χ1) is 9.29. The summed E-state index contributed by atoms with van der Waals surface area (Å²) >= 11 is 0. The van der Waals surface area contributed by atoms with Gasteiger partial charge >= 0.3 is 6.18 Å². The molecule has 1 aromatic carbocycles. The zero-order valence-electron chi connectivity index (χ0n) is 10.7. The first-order valence-corrected chi connectivity index (χ1v) is 6.17. The van der Waals surface area contributed by atoms with Crippen LogP contribution in [0.5, 0.6) is 0 Å². The molecule has 1 heterocycles. The zero-order chi connectivity index (χ0) is 14.9. The minimum absolute atomic E-state index is 0.0529. The van der Waals surface area contributed by atoms with Crippen LogP contribution < -0.4 is 10.6 Å². The highest BCUT2D eigenvalue weighted by Gasteiger charge is 2.35. The van der Waals surface area contributed by atoms with Gasteiger partial charge in [-0.2, -0.15) is 13.2 Å². The third-order valence-electron chi connectivity index (χ3n) is 3.39. The fourth-order valence-electron chi connectivity index (χ4n) is 2.22. The van der Waals surface area contributed by atoms with Gasteiger partial charge < -0.3 is 10.6 Å². The van der Waals surface area contributed by atoms with Gasteiger partial charge in [0.25, 0.3) is 0 Å². The molecule has 0 unspecified atom stereocenters. The van der Waals surface area contributed by atoms with Crippen molar-refractivity contribution in [3.63, 3.8) is 0 Å². The Kier molecular flexibility index (Phi) is 3.99. The largest absolute Gasteiger partial charge is 0.419 e. The van der Waals surface area contributed by atoms with Gasteiger partial charge in [0, 0.05) is 12.2 Å². The lowest BCUT2D eigenvalue weighted by Crippen LogP contribution is -2.28. The van der Waals surface area contributed by atoms with Gasteiger partial charge in [-0.3, -0.25) is 4.79 Å². The van der Waals surface area contributed by atoms with Gasteiger partial charge in [-0.05, 0) is 30.7 Å². The Morgan fingerprint density at radius 3 is 2.60 bits per heavy atom. The molecule has 0 spiro atoms. The predicted octanol–water partition coefficient (Wildman–Crippen LogP) is 2.64. The van der Waals surface area contributed by atoms with Crippen LogP contribution in [0.25, 0.3) is 0 Å². The third-order valence-corrected chi connectivity index (χ3v) is 3.39.